The molecule has 0 radical (unpaired) electrons. The molecule has 0 fully saturated rings. The van der Waals surface area contributed by atoms with Crippen molar-refractivity contribution in [3.63, 3.8) is 0 Å². The summed E-state index contributed by atoms with van der Waals surface area (Å²) in [5.74, 6) is 0.387. The number of hydrogen-bond acceptors (Lipinski definition) is 3. The fourth-order valence-electron chi connectivity index (χ4n) is 2.53. The van der Waals surface area contributed by atoms with Crippen LogP contribution >= 0.6 is 11.3 Å². The summed E-state index contributed by atoms with van der Waals surface area (Å²) in [7, 11) is 0. The van der Waals surface area contributed by atoms with Crippen LogP contribution in [0.15, 0.2) is 6.07 Å². The number of nitrogens with one attached hydrogen (secondary N) is 2. The third-order valence-corrected chi connectivity index (χ3v) is 4.71. The molecule has 1 aromatic heterocycles. The van der Waals surface area contributed by atoms with Crippen molar-refractivity contribution in [2.24, 2.45) is 5.92 Å². The van der Waals surface area contributed by atoms with Crippen LogP contribution in [0.2, 0.25) is 0 Å². The van der Waals surface area contributed by atoms with Gasteiger partial charge < -0.3 is 10.6 Å². The summed E-state index contributed by atoms with van der Waals surface area (Å²) in [6.45, 7) is 8.02. The molecule has 0 saturated heterocycles. The molecule has 0 spiro atoms. The molecule has 2 amide bonds. The number of carbonyl (C=O) groups excluding carboxylic acids is 2. The Bertz CT molecular complexity index is 543. The highest BCUT2D eigenvalue weighted by Gasteiger charge is 2.21. The standard InChI is InChI=1S/C16H24N2O2S/c1-10-5-6-12-11(7-10)8-13(21-12)15(20)17-9-14(19)18-16(2,3)4/h8,10H,5-7,9H2,1-4H3,(H,17,20)(H,18,19). The Balaban J connectivity index is 1.91. The average molecular weight is 308 g/mol. The van der Waals surface area contributed by atoms with Crippen LogP contribution < -0.4 is 10.6 Å². The molecule has 1 aliphatic carbocycles. The van der Waals surface area contributed by atoms with Gasteiger partial charge >= 0.3 is 0 Å². The zero-order valence-electron chi connectivity index (χ0n) is 13.2. The molecule has 5 heteroatoms. The van der Waals surface area contributed by atoms with Crippen molar-refractivity contribution < 1.29 is 9.59 Å². The third kappa shape index (κ3) is 4.56. The van der Waals surface area contributed by atoms with Crippen LogP contribution in [0.25, 0.3) is 0 Å². The maximum atomic E-state index is 12.1. The largest absolute Gasteiger partial charge is 0.350 e. The molecule has 0 saturated carbocycles. The average Bonchev–Trinajstić information content (AvgIpc) is 2.76. The van der Waals surface area contributed by atoms with Crippen LogP contribution in [-0.2, 0) is 17.6 Å². The Morgan fingerprint density at radius 1 is 1.38 bits per heavy atom. The lowest BCUT2D eigenvalue weighted by Crippen LogP contribution is -2.45. The lowest BCUT2D eigenvalue weighted by atomic mass is 9.90. The van der Waals surface area contributed by atoms with Crippen LogP contribution in [0.1, 0.15) is 54.2 Å². The summed E-state index contributed by atoms with van der Waals surface area (Å²) in [5.41, 5.74) is 1.03. The van der Waals surface area contributed by atoms with Gasteiger partial charge in [-0.3, -0.25) is 9.59 Å². The first-order valence-corrected chi connectivity index (χ1v) is 8.27. The SMILES string of the molecule is CC1CCc2sc(C(=O)NCC(=O)NC(C)(C)C)cc2C1. The van der Waals surface area contributed by atoms with Gasteiger partial charge in [0.25, 0.3) is 5.91 Å². The highest BCUT2D eigenvalue weighted by Crippen LogP contribution is 2.32. The number of carbonyl (C=O) groups is 2. The Labute approximate surface area is 130 Å². The summed E-state index contributed by atoms with van der Waals surface area (Å²) in [6, 6.07) is 1.99. The van der Waals surface area contributed by atoms with Gasteiger partial charge in [-0.25, -0.2) is 0 Å². The molecule has 2 N–H and O–H groups in total. The van der Waals surface area contributed by atoms with Crippen molar-refractivity contribution >= 4 is 23.2 Å². The molecule has 0 aliphatic heterocycles. The first-order valence-electron chi connectivity index (χ1n) is 7.45. The second kappa shape index (κ2) is 6.18. The van der Waals surface area contributed by atoms with E-state index in [2.05, 4.69) is 17.6 Å². The predicted molar refractivity (Wildman–Crippen MR) is 85.7 cm³/mol. The minimum Gasteiger partial charge on any atom is -0.350 e. The van der Waals surface area contributed by atoms with Crippen molar-refractivity contribution in [3.05, 3.63) is 21.4 Å². The summed E-state index contributed by atoms with van der Waals surface area (Å²) in [6.07, 6.45) is 3.32. The monoisotopic (exact) mass is 308 g/mol. The topological polar surface area (TPSA) is 58.2 Å². The lowest BCUT2D eigenvalue weighted by molar-refractivity contribution is -0.121. The molecular formula is C16H24N2O2S. The molecule has 4 nitrogen and oxygen atoms in total. The van der Waals surface area contributed by atoms with Crippen LogP contribution in [0, 0.1) is 5.92 Å². The molecule has 21 heavy (non-hydrogen) atoms. The van der Waals surface area contributed by atoms with Gasteiger partial charge in [-0.15, -0.1) is 11.3 Å². The van der Waals surface area contributed by atoms with E-state index >= 15 is 0 Å². The summed E-state index contributed by atoms with van der Waals surface area (Å²) in [5, 5.41) is 5.53. The Hall–Kier alpha value is -1.36. The first-order chi connectivity index (χ1) is 9.74. The minimum atomic E-state index is -0.278. The van der Waals surface area contributed by atoms with Gasteiger partial charge in [0.2, 0.25) is 5.91 Å². The van der Waals surface area contributed by atoms with Crippen molar-refractivity contribution in [1.82, 2.24) is 10.6 Å². The van der Waals surface area contributed by atoms with Crippen molar-refractivity contribution in [1.29, 1.82) is 0 Å². The van der Waals surface area contributed by atoms with E-state index in [0.29, 0.717) is 5.92 Å². The van der Waals surface area contributed by atoms with Crippen molar-refractivity contribution in [2.45, 2.75) is 52.5 Å². The van der Waals surface area contributed by atoms with Crippen LogP contribution in [0.3, 0.4) is 0 Å². The van der Waals surface area contributed by atoms with E-state index in [0.717, 1.165) is 17.7 Å². The van der Waals surface area contributed by atoms with Crippen LogP contribution in [0.5, 0.6) is 0 Å². The fourth-order valence-corrected chi connectivity index (χ4v) is 3.65. The smallest absolute Gasteiger partial charge is 0.261 e. The number of rotatable bonds is 3. The Morgan fingerprint density at radius 2 is 2.10 bits per heavy atom. The second-order valence-electron chi connectivity index (χ2n) is 6.89. The predicted octanol–water partition coefficient (Wildman–Crippen LogP) is 2.52. The highest BCUT2D eigenvalue weighted by atomic mass is 32.1. The fraction of sp³-hybridized carbons (Fsp3) is 0.625. The van der Waals surface area contributed by atoms with Gasteiger partial charge in [0, 0.05) is 10.4 Å². The van der Waals surface area contributed by atoms with E-state index in [-0.39, 0.29) is 23.9 Å². The van der Waals surface area contributed by atoms with E-state index in [1.165, 1.54) is 16.9 Å². The Morgan fingerprint density at radius 3 is 2.76 bits per heavy atom. The van der Waals surface area contributed by atoms with E-state index < -0.39 is 0 Å². The molecule has 1 unspecified atom stereocenters. The molecular weight excluding hydrogens is 284 g/mol. The molecule has 1 aromatic rings. The Kier molecular flexibility index (Phi) is 4.71. The van der Waals surface area contributed by atoms with Crippen molar-refractivity contribution in [3.8, 4) is 0 Å². The van der Waals surface area contributed by atoms with Crippen molar-refractivity contribution in [2.75, 3.05) is 6.54 Å². The van der Waals surface area contributed by atoms with E-state index in [1.54, 1.807) is 11.3 Å². The number of thiophene rings is 1. The zero-order chi connectivity index (χ0) is 15.6. The zero-order valence-corrected chi connectivity index (χ0v) is 14.0. The van der Waals surface area contributed by atoms with Gasteiger partial charge in [0.15, 0.2) is 0 Å². The normalized spacial score (nSPS) is 18.0. The quantitative estimate of drug-likeness (QED) is 0.901. The minimum absolute atomic E-state index is 0.0229. The van der Waals surface area contributed by atoms with Crippen LogP contribution in [-0.4, -0.2) is 23.9 Å². The number of hydrogen-bond donors (Lipinski definition) is 2. The maximum Gasteiger partial charge on any atom is 0.261 e. The number of amides is 2. The molecule has 0 bridgehead atoms. The van der Waals surface area contributed by atoms with Gasteiger partial charge in [0.1, 0.15) is 0 Å². The molecule has 0 aromatic carbocycles. The van der Waals surface area contributed by atoms with Crippen LogP contribution in [0.4, 0.5) is 0 Å². The third-order valence-electron chi connectivity index (χ3n) is 3.48. The molecule has 1 heterocycles. The van der Waals surface area contributed by atoms with E-state index in [4.69, 9.17) is 0 Å². The van der Waals surface area contributed by atoms with E-state index in [1.807, 2.05) is 26.8 Å². The first kappa shape index (κ1) is 16.0. The lowest BCUT2D eigenvalue weighted by Gasteiger charge is -2.20. The summed E-state index contributed by atoms with van der Waals surface area (Å²) < 4.78 is 0. The van der Waals surface area contributed by atoms with Gasteiger partial charge in [-0.05, 0) is 57.6 Å². The van der Waals surface area contributed by atoms with Gasteiger partial charge in [0.05, 0.1) is 11.4 Å². The van der Waals surface area contributed by atoms with Gasteiger partial charge in [-0.1, -0.05) is 6.92 Å². The molecule has 1 atom stereocenters. The number of fused-ring (bicyclic) bond motifs is 1. The molecule has 1 aliphatic rings. The summed E-state index contributed by atoms with van der Waals surface area (Å²) in [4.78, 5) is 25.9. The molecule has 2 rings (SSSR count). The maximum absolute atomic E-state index is 12.1. The van der Waals surface area contributed by atoms with E-state index in [9.17, 15) is 9.59 Å². The van der Waals surface area contributed by atoms with Gasteiger partial charge in [-0.2, -0.15) is 0 Å². The molecule has 116 valence electrons. The summed E-state index contributed by atoms with van der Waals surface area (Å²) >= 11 is 1.57. The highest BCUT2D eigenvalue weighted by molar-refractivity contribution is 7.14. The second-order valence-corrected chi connectivity index (χ2v) is 8.02. The number of aryl methyl sites for hydroxylation is 1.